The molecule has 1 aromatic carbocycles. The van der Waals surface area contributed by atoms with Gasteiger partial charge in [0.15, 0.2) is 0 Å². The van der Waals surface area contributed by atoms with Crippen molar-refractivity contribution < 1.29 is 0 Å². The van der Waals surface area contributed by atoms with E-state index in [1.807, 2.05) is 0 Å². The number of hydrogen-bond acceptors (Lipinski definition) is 3. The van der Waals surface area contributed by atoms with E-state index in [0.717, 1.165) is 12.0 Å². The van der Waals surface area contributed by atoms with Crippen molar-refractivity contribution in [2.45, 2.75) is 38.3 Å². The number of nitrogens with zero attached hydrogens (tertiary/aromatic N) is 1. The zero-order valence-corrected chi connectivity index (χ0v) is 13.9. The first kappa shape index (κ1) is 15.4. The van der Waals surface area contributed by atoms with Crippen LogP contribution in [0.15, 0.2) is 30.3 Å². The summed E-state index contributed by atoms with van der Waals surface area (Å²) in [5.74, 6) is 3.53. The maximum Gasteiger partial charge on any atom is 0.0449 e. The van der Waals surface area contributed by atoms with Gasteiger partial charge in [0.05, 0.1) is 0 Å². The van der Waals surface area contributed by atoms with Crippen LogP contribution in [0, 0.1) is 5.92 Å². The molecule has 2 atom stereocenters. The highest BCUT2D eigenvalue weighted by molar-refractivity contribution is 7.99. The van der Waals surface area contributed by atoms with E-state index in [-0.39, 0.29) is 0 Å². The average Bonchev–Trinajstić information content (AvgIpc) is 3.37. The number of hydrogen-bond donors (Lipinski definition) is 1. The maximum atomic E-state index is 3.79. The van der Waals surface area contributed by atoms with Crippen molar-refractivity contribution >= 4 is 11.8 Å². The molecule has 1 aliphatic heterocycles. The summed E-state index contributed by atoms with van der Waals surface area (Å²) >= 11 is 2.08. The normalized spacial score (nSPS) is 26.9. The highest BCUT2D eigenvalue weighted by Crippen LogP contribution is 2.37. The minimum atomic E-state index is 0.514. The lowest BCUT2D eigenvalue weighted by Gasteiger charge is -2.41. The van der Waals surface area contributed by atoms with E-state index < -0.39 is 0 Å². The molecule has 2 aliphatic rings. The predicted octanol–water partition coefficient (Wildman–Crippen LogP) is 3.55. The number of thioether (sulfide) groups is 1. The lowest BCUT2D eigenvalue weighted by molar-refractivity contribution is 0.115. The monoisotopic (exact) mass is 304 g/mol. The van der Waals surface area contributed by atoms with Crippen LogP contribution in [0.5, 0.6) is 0 Å². The van der Waals surface area contributed by atoms with Crippen LogP contribution < -0.4 is 5.32 Å². The van der Waals surface area contributed by atoms with E-state index >= 15 is 0 Å². The van der Waals surface area contributed by atoms with Crippen LogP contribution in [-0.4, -0.2) is 42.1 Å². The van der Waals surface area contributed by atoms with Crippen LogP contribution in [0.3, 0.4) is 0 Å². The van der Waals surface area contributed by atoms with Gasteiger partial charge in [-0.2, -0.15) is 11.8 Å². The van der Waals surface area contributed by atoms with E-state index in [1.54, 1.807) is 0 Å². The SMILES string of the molecule is CCSCCCN1CC(c2ccccc2)NCC1C1CC1. The summed E-state index contributed by atoms with van der Waals surface area (Å²) in [6.45, 7) is 5.89. The topological polar surface area (TPSA) is 15.3 Å². The zero-order chi connectivity index (χ0) is 14.5. The van der Waals surface area contributed by atoms with Gasteiger partial charge in [0.25, 0.3) is 0 Å². The van der Waals surface area contributed by atoms with Crippen LogP contribution >= 0.6 is 11.8 Å². The van der Waals surface area contributed by atoms with E-state index in [9.17, 15) is 0 Å². The number of nitrogens with one attached hydrogen (secondary N) is 1. The Morgan fingerprint density at radius 1 is 1.24 bits per heavy atom. The third-order valence-electron chi connectivity index (χ3n) is 4.77. The molecule has 2 fully saturated rings. The fourth-order valence-electron chi connectivity index (χ4n) is 3.45. The summed E-state index contributed by atoms with van der Waals surface area (Å²) in [5, 5.41) is 3.79. The molecular formula is C18H28N2S. The van der Waals surface area contributed by atoms with Crippen molar-refractivity contribution in [2.24, 2.45) is 5.92 Å². The molecule has 1 aromatic rings. The second kappa shape index (κ2) is 7.66. The summed E-state index contributed by atoms with van der Waals surface area (Å²) in [5.41, 5.74) is 1.44. The summed E-state index contributed by atoms with van der Waals surface area (Å²) in [6, 6.07) is 12.3. The predicted molar refractivity (Wildman–Crippen MR) is 92.9 cm³/mol. The molecule has 2 nitrogen and oxygen atoms in total. The maximum absolute atomic E-state index is 3.79. The van der Waals surface area contributed by atoms with Gasteiger partial charge in [0.1, 0.15) is 0 Å². The third kappa shape index (κ3) is 4.24. The van der Waals surface area contributed by atoms with Crippen molar-refractivity contribution in [3.05, 3.63) is 35.9 Å². The first-order chi connectivity index (χ1) is 10.4. The van der Waals surface area contributed by atoms with Gasteiger partial charge in [-0.1, -0.05) is 37.3 Å². The van der Waals surface area contributed by atoms with Crippen molar-refractivity contribution in [1.82, 2.24) is 10.2 Å². The van der Waals surface area contributed by atoms with Crippen molar-refractivity contribution in [3.63, 3.8) is 0 Å². The Bertz CT molecular complexity index is 418. The lowest BCUT2D eigenvalue weighted by Crippen LogP contribution is -2.53. The van der Waals surface area contributed by atoms with Crippen molar-refractivity contribution in [1.29, 1.82) is 0 Å². The lowest BCUT2D eigenvalue weighted by atomic mass is 9.99. The molecule has 0 aromatic heterocycles. The molecule has 0 radical (unpaired) electrons. The Labute approximate surface area is 133 Å². The smallest absolute Gasteiger partial charge is 0.0449 e. The molecule has 0 bridgehead atoms. The van der Waals surface area contributed by atoms with E-state index in [4.69, 9.17) is 0 Å². The van der Waals surface area contributed by atoms with Gasteiger partial charge in [-0.05, 0) is 48.8 Å². The Morgan fingerprint density at radius 2 is 2.05 bits per heavy atom. The molecule has 0 spiro atoms. The Morgan fingerprint density at radius 3 is 2.76 bits per heavy atom. The van der Waals surface area contributed by atoms with Crippen LogP contribution in [0.2, 0.25) is 0 Å². The molecule has 2 unspecified atom stereocenters. The van der Waals surface area contributed by atoms with Crippen LogP contribution in [-0.2, 0) is 0 Å². The van der Waals surface area contributed by atoms with Crippen molar-refractivity contribution in [3.8, 4) is 0 Å². The summed E-state index contributed by atoms with van der Waals surface area (Å²) in [6.07, 6.45) is 4.23. The summed E-state index contributed by atoms with van der Waals surface area (Å²) in [7, 11) is 0. The molecule has 21 heavy (non-hydrogen) atoms. The highest BCUT2D eigenvalue weighted by Gasteiger charge is 2.38. The van der Waals surface area contributed by atoms with Crippen LogP contribution in [0.1, 0.15) is 37.8 Å². The second-order valence-electron chi connectivity index (χ2n) is 6.32. The molecule has 116 valence electrons. The zero-order valence-electron chi connectivity index (χ0n) is 13.1. The molecule has 1 saturated heterocycles. The molecule has 1 heterocycles. The van der Waals surface area contributed by atoms with Gasteiger partial charge in [-0.15, -0.1) is 0 Å². The fraction of sp³-hybridized carbons (Fsp3) is 0.667. The highest BCUT2D eigenvalue weighted by atomic mass is 32.2. The first-order valence-electron chi connectivity index (χ1n) is 8.48. The van der Waals surface area contributed by atoms with Crippen LogP contribution in [0.25, 0.3) is 0 Å². The van der Waals surface area contributed by atoms with E-state index in [0.29, 0.717) is 6.04 Å². The molecule has 3 heteroatoms. The molecular weight excluding hydrogens is 276 g/mol. The third-order valence-corrected chi connectivity index (χ3v) is 5.75. The molecule has 1 aliphatic carbocycles. The Kier molecular flexibility index (Phi) is 5.61. The van der Waals surface area contributed by atoms with Gasteiger partial charge < -0.3 is 5.32 Å². The van der Waals surface area contributed by atoms with Gasteiger partial charge in [-0.3, -0.25) is 4.90 Å². The van der Waals surface area contributed by atoms with Gasteiger partial charge in [0, 0.05) is 25.2 Å². The summed E-state index contributed by atoms with van der Waals surface area (Å²) < 4.78 is 0. The average molecular weight is 305 g/mol. The Balaban J connectivity index is 1.58. The van der Waals surface area contributed by atoms with Crippen molar-refractivity contribution in [2.75, 3.05) is 31.1 Å². The molecule has 3 rings (SSSR count). The number of piperazine rings is 1. The van der Waals surface area contributed by atoms with E-state index in [2.05, 4.69) is 59.2 Å². The van der Waals surface area contributed by atoms with Gasteiger partial charge >= 0.3 is 0 Å². The second-order valence-corrected chi connectivity index (χ2v) is 7.72. The molecule has 1 saturated carbocycles. The summed E-state index contributed by atoms with van der Waals surface area (Å²) in [4.78, 5) is 2.78. The molecule has 0 amide bonds. The largest absolute Gasteiger partial charge is 0.307 e. The minimum Gasteiger partial charge on any atom is -0.307 e. The van der Waals surface area contributed by atoms with E-state index in [1.165, 1.54) is 56.0 Å². The first-order valence-corrected chi connectivity index (χ1v) is 9.64. The number of rotatable bonds is 7. The molecule has 1 N–H and O–H groups in total. The quantitative estimate of drug-likeness (QED) is 0.776. The Hall–Kier alpha value is -0.510. The van der Waals surface area contributed by atoms with Gasteiger partial charge in [0.2, 0.25) is 0 Å². The fourth-order valence-corrected chi connectivity index (χ4v) is 4.07. The van der Waals surface area contributed by atoms with Crippen LogP contribution in [0.4, 0.5) is 0 Å². The number of benzene rings is 1. The standard InChI is InChI=1S/C18H28N2S/c1-2-21-12-6-11-20-14-17(15-7-4-3-5-8-15)19-13-18(20)16-9-10-16/h3-5,7-8,16-19H,2,6,9-14H2,1H3. The minimum absolute atomic E-state index is 0.514. The van der Waals surface area contributed by atoms with Gasteiger partial charge in [-0.25, -0.2) is 0 Å².